The van der Waals surface area contributed by atoms with E-state index in [9.17, 15) is 9.90 Å². The number of para-hydroxylation sites is 1. The van der Waals surface area contributed by atoms with Crippen molar-refractivity contribution in [1.29, 1.82) is 0 Å². The van der Waals surface area contributed by atoms with Crippen molar-refractivity contribution in [2.75, 3.05) is 19.6 Å². The molecule has 9 heteroatoms. The highest BCUT2D eigenvalue weighted by atomic mass is 35.5. The highest BCUT2D eigenvalue weighted by Crippen LogP contribution is 2.38. The molecular weight excluding hydrogens is 454 g/mol. The third kappa shape index (κ3) is 5.95. The molecule has 0 spiro atoms. The lowest BCUT2D eigenvalue weighted by atomic mass is 9.78. The van der Waals surface area contributed by atoms with E-state index in [1.54, 1.807) is 24.3 Å². The van der Waals surface area contributed by atoms with Crippen molar-refractivity contribution in [3.63, 3.8) is 0 Å². The average Bonchev–Trinajstić information content (AvgIpc) is 2.82. The molecule has 0 saturated carbocycles. The molecule has 8 nitrogen and oxygen atoms in total. The minimum absolute atomic E-state index is 0. The molecule has 34 heavy (non-hydrogen) atoms. The highest BCUT2D eigenvalue weighted by molar-refractivity contribution is 5.88. The summed E-state index contributed by atoms with van der Waals surface area (Å²) in [5.74, 6) is -1.02. The molecule has 0 aliphatic heterocycles. The standard InChI is InChI=1S/C25H31N5O3.ClH/c1-4-30(5-2)15-19(16(3)28-29-25(26)27)21(17-11-7-6-8-12-17)22-23(31)18-13-9-10-14-20(18)33-24(22)32;/h6-14,19,21,31H,4-5,15H2,1-3H3,(H4,26,27,29);1H/p+1/b28-16+;. The molecule has 6 N–H and O–H groups in total. The van der Waals surface area contributed by atoms with Crippen molar-refractivity contribution < 1.29 is 14.4 Å². The SMILES string of the molecule is CC[NH+](CC)CC(/C(C)=N/N=C(N)N)C(c1ccccc1)c1c(O)c2ccccc2oc1=O.Cl. The second-order valence-corrected chi connectivity index (χ2v) is 8.07. The molecule has 0 aliphatic carbocycles. The fourth-order valence-electron chi connectivity index (χ4n) is 4.25. The van der Waals surface area contributed by atoms with Crippen molar-refractivity contribution >= 4 is 35.0 Å². The Labute approximate surface area is 205 Å². The summed E-state index contributed by atoms with van der Waals surface area (Å²) in [6.45, 7) is 8.50. The quantitative estimate of drug-likeness (QED) is 0.159. The van der Waals surface area contributed by atoms with Crippen LogP contribution in [0.15, 0.2) is 74.0 Å². The second kappa shape index (κ2) is 12.2. The Hall–Kier alpha value is -3.36. The minimum Gasteiger partial charge on any atom is -0.507 e. The normalized spacial score (nSPS) is 13.4. The van der Waals surface area contributed by atoms with Crippen LogP contribution in [0.1, 0.15) is 37.8 Å². The van der Waals surface area contributed by atoms with Crippen LogP contribution in [0.5, 0.6) is 5.75 Å². The summed E-state index contributed by atoms with van der Waals surface area (Å²) in [6.07, 6.45) is 0. The fraction of sp³-hybridized carbons (Fsp3) is 0.320. The Morgan fingerprint density at radius 2 is 1.65 bits per heavy atom. The molecule has 0 fully saturated rings. The number of rotatable bonds is 9. The Bertz CT molecular complexity index is 1200. The maximum Gasteiger partial charge on any atom is 0.343 e. The van der Waals surface area contributed by atoms with Crippen LogP contribution < -0.4 is 22.0 Å². The second-order valence-electron chi connectivity index (χ2n) is 8.07. The zero-order chi connectivity index (χ0) is 24.0. The third-order valence-electron chi connectivity index (χ3n) is 6.06. The molecule has 3 rings (SSSR count). The van der Waals surface area contributed by atoms with Gasteiger partial charge in [0.15, 0.2) is 0 Å². The van der Waals surface area contributed by atoms with Crippen LogP contribution in [0.2, 0.25) is 0 Å². The van der Waals surface area contributed by atoms with E-state index < -0.39 is 11.5 Å². The van der Waals surface area contributed by atoms with Gasteiger partial charge in [-0.15, -0.1) is 17.5 Å². The molecule has 182 valence electrons. The molecule has 2 atom stereocenters. The van der Waals surface area contributed by atoms with Crippen LogP contribution in [-0.4, -0.2) is 36.4 Å². The van der Waals surface area contributed by atoms with Crippen LogP contribution in [-0.2, 0) is 0 Å². The topological polar surface area (TPSA) is 132 Å². The van der Waals surface area contributed by atoms with Gasteiger partial charge < -0.3 is 25.9 Å². The van der Waals surface area contributed by atoms with Gasteiger partial charge in [0.25, 0.3) is 0 Å². The van der Waals surface area contributed by atoms with Crippen LogP contribution in [0.4, 0.5) is 0 Å². The number of halogens is 1. The van der Waals surface area contributed by atoms with E-state index in [1.165, 1.54) is 4.90 Å². The Morgan fingerprint density at radius 1 is 1.03 bits per heavy atom. The highest BCUT2D eigenvalue weighted by Gasteiger charge is 2.35. The van der Waals surface area contributed by atoms with Gasteiger partial charge in [-0.25, -0.2) is 4.79 Å². The molecule has 1 aromatic heterocycles. The van der Waals surface area contributed by atoms with Gasteiger partial charge in [-0.1, -0.05) is 42.5 Å². The molecule has 0 saturated heterocycles. The van der Waals surface area contributed by atoms with E-state index in [1.807, 2.05) is 37.3 Å². The first-order valence-electron chi connectivity index (χ1n) is 11.1. The number of aromatic hydroxyl groups is 1. The Morgan fingerprint density at radius 3 is 2.26 bits per heavy atom. The predicted octanol–water partition coefficient (Wildman–Crippen LogP) is 2.24. The number of quaternary nitrogens is 1. The number of nitrogens with one attached hydrogen (secondary N) is 1. The van der Waals surface area contributed by atoms with E-state index >= 15 is 0 Å². The number of hydrogen-bond donors (Lipinski definition) is 4. The van der Waals surface area contributed by atoms with Gasteiger partial charge in [0, 0.05) is 11.6 Å². The lowest BCUT2D eigenvalue weighted by molar-refractivity contribution is -0.898. The molecule has 2 aromatic carbocycles. The van der Waals surface area contributed by atoms with Crippen LogP contribution in [0.25, 0.3) is 11.0 Å². The van der Waals surface area contributed by atoms with E-state index in [0.717, 1.165) is 18.7 Å². The molecule has 0 bridgehead atoms. The fourth-order valence-corrected chi connectivity index (χ4v) is 4.25. The summed E-state index contributed by atoms with van der Waals surface area (Å²) < 4.78 is 5.63. The summed E-state index contributed by atoms with van der Waals surface area (Å²) in [6, 6.07) is 16.6. The molecule has 0 amide bonds. The zero-order valence-electron chi connectivity index (χ0n) is 19.7. The van der Waals surface area contributed by atoms with Crippen molar-refractivity contribution in [2.45, 2.75) is 26.7 Å². The van der Waals surface area contributed by atoms with Crippen molar-refractivity contribution in [3.05, 3.63) is 76.1 Å². The molecule has 0 radical (unpaired) electrons. The minimum atomic E-state index is -0.575. The van der Waals surface area contributed by atoms with E-state index in [4.69, 9.17) is 15.9 Å². The van der Waals surface area contributed by atoms with Crippen LogP contribution >= 0.6 is 12.4 Å². The largest absolute Gasteiger partial charge is 0.507 e. The summed E-state index contributed by atoms with van der Waals surface area (Å²) in [7, 11) is 0. The van der Waals surface area contributed by atoms with Crippen LogP contribution in [0, 0.1) is 5.92 Å². The Balaban J connectivity index is 0.00000408. The number of nitrogens with two attached hydrogens (primary N) is 2. The van der Waals surface area contributed by atoms with E-state index in [0.29, 0.717) is 23.2 Å². The molecule has 0 aliphatic rings. The van der Waals surface area contributed by atoms with Crippen molar-refractivity contribution in [2.24, 2.45) is 27.6 Å². The summed E-state index contributed by atoms with van der Waals surface area (Å²) in [4.78, 5) is 14.6. The number of benzene rings is 2. The smallest absolute Gasteiger partial charge is 0.343 e. The van der Waals surface area contributed by atoms with Gasteiger partial charge in [0.2, 0.25) is 5.96 Å². The predicted molar refractivity (Wildman–Crippen MR) is 139 cm³/mol. The van der Waals surface area contributed by atoms with E-state index in [-0.39, 0.29) is 35.6 Å². The number of nitrogens with zero attached hydrogens (tertiary/aromatic N) is 2. The van der Waals surface area contributed by atoms with Crippen molar-refractivity contribution in [1.82, 2.24) is 0 Å². The third-order valence-corrected chi connectivity index (χ3v) is 6.06. The van der Waals surface area contributed by atoms with Gasteiger partial charge in [-0.3, -0.25) is 0 Å². The Kier molecular flexibility index (Phi) is 9.65. The van der Waals surface area contributed by atoms with E-state index in [2.05, 4.69) is 24.1 Å². The molecule has 2 unspecified atom stereocenters. The summed E-state index contributed by atoms with van der Waals surface area (Å²) in [5, 5.41) is 19.9. The molecule has 3 aromatic rings. The monoisotopic (exact) mass is 486 g/mol. The first-order chi connectivity index (χ1) is 15.9. The van der Waals surface area contributed by atoms with Gasteiger partial charge in [0.1, 0.15) is 11.3 Å². The van der Waals surface area contributed by atoms with Gasteiger partial charge >= 0.3 is 5.63 Å². The van der Waals surface area contributed by atoms with Gasteiger partial charge in [-0.2, -0.15) is 5.10 Å². The molecular formula is C25H33ClN5O3+. The van der Waals surface area contributed by atoms with Crippen molar-refractivity contribution in [3.8, 4) is 5.75 Å². The summed E-state index contributed by atoms with van der Waals surface area (Å²) in [5.41, 5.74) is 12.5. The lowest BCUT2D eigenvalue weighted by Gasteiger charge is -2.30. The zero-order valence-corrected chi connectivity index (χ0v) is 20.5. The van der Waals surface area contributed by atoms with Crippen LogP contribution in [0.3, 0.4) is 0 Å². The first kappa shape index (κ1) is 26.9. The number of hydrogen-bond acceptors (Lipinski definition) is 5. The average molecular weight is 487 g/mol. The number of guanidine groups is 1. The number of fused-ring (bicyclic) bond motifs is 1. The first-order valence-corrected chi connectivity index (χ1v) is 11.1. The van der Waals surface area contributed by atoms with Gasteiger partial charge in [-0.05, 0) is 38.5 Å². The van der Waals surface area contributed by atoms with Gasteiger partial charge in [0.05, 0.1) is 36.5 Å². The molecule has 1 heterocycles. The maximum atomic E-state index is 13.2. The lowest BCUT2D eigenvalue weighted by Crippen LogP contribution is -3.12. The maximum absolute atomic E-state index is 13.2. The summed E-state index contributed by atoms with van der Waals surface area (Å²) >= 11 is 0.